The SMILES string of the molecule is C=CC1CCC(c2ccc(C(F)(F)OCCc3ccc(C4CCC(CCC=CC)CC4)cc3)cc2)CC1. The van der Waals surface area contributed by atoms with Crippen molar-refractivity contribution in [2.24, 2.45) is 11.8 Å². The van der Waals surface area contributed by atoms with Crippen molar-refractivity contribution in [1.29, 1.82) is 0 Å². The molecule has 2 fully saturated rings. The Morgan fingerprint density at radius 2 is 1.41 bits per heavy atom. The molecule has 2 aromatic rings. The van der Waals surface area contributed by atoms with E-state index in [1.54, 1.807) is 12.1 Å². The predicted octanol–water partition coefficient (Wildman–Crippen LogP) is 10.1. The Morgan fingerprint density at radius 3 is 1.97 bits per heavy atom. The summed E-state index contributed by atoms with van der Waals surface area (Å²) in [7, 11) is 0. The zero-order chi connectivity index (χ0) is 26.1. The normalized spacial score (nSPS) is 24.8. The van der Waals surface area contributed by atoms with Gasteiger partial charge in [-0.25, -0.2) is 0 Å². The zero-order valence-electron chi connectivity index (χ0n) is 22.5. The number of halogens is 2. The van der Waals surface area contributed by atoms with Crippen molar-refractivity contribution >= 4 is 0 Å². The first-order valence-corrected chi connectivity index (χ1v) is 14.4. The summed E-state index contributed by atoms with van der Waals surface area (Å²) >= 11 is 0. The van der Waals surface area contributed by atoms with E-state index in [0.717, 1.165) is 42.7 Å². The fourth-order valence-electron chi connectivity index (χ4n) is 6.26. The second-order valence-corrected chi connectivity index (χ2v) is 11.2. The van der Waals surface area contributed by atoms with Crippen molar-refractivity contribution in [1.82, 2.24) is 0 Å². The maximum Gasteiger partial charge on any atom is 0.383 e. The van der Waals surface area contributed by atoms with Crippen molar-refractivity contribution in [3.05, 3.63) is 95.6 Å². The molecule has 0 radical (unpaired) electrons. The zero-order valence-corrected chi connectivity index (χ0v) is 22.5. The lowest BCUT2D eigenvalue weighted by molar-refractivity contribution is -0.248. The Balaban J connectivity index is 1.21. The van der Waals surface area contributed by atoms with Crippen LogP contribution in [0.2, 0.25) is 0 Å². The molecule has 0 bridgehead atoms. The van der Waals surface area contributed by atoms with E-state index in [1.165, 1.54) is 44.1 Å². The first-order chi connectivity index (χ1) is 18.0. The number of hydrogen-bond acceptors (Lipinski definition) is 1. The van der Waals surface area contributed by atoms with Gasteiger partial charge in [0.2, 0.25) is 0 Å². The highest BCUT2D eigenvalue weighted by Gasteiger charge is 2.33. The molecule has 0 N–H and O–H groups in total. The minimum atomic E-state index is -3.27. The van der Waals surface area contributed by atoms with Gasteiger partial charge in [0.1, 0.15) is 0 Å². The fourth-order valence-corrected chi connectivity index (χ4v) is 6.26. The highest BCUT2D eigenvalue weighted by molar-refractivity contribution is 5.28. The lowest BCUT2D eigenvalue weighted by Crippen LogP contribution is -2.20. The molecule has 4 rings (SSSR count). The molecule has 0 heterocycles. The number of benzene rings is 2. The van der Waals surface area contributed by atoms with Gasteiger partial charge in [0.05, 0.1) is 12.2 Å². The Kier molecular flexibility index (Phi) is 10.1. The van der Waals surface area contributed by atoms with Gasteiger partial charge in [0, 0.05) is 0 Å². The summed E-state index contributed by atoms with van der Waals surface area (Å²) in [5.41, 5.74) is 3.53. The maximum atomic E-state index is 14.7. The minimum Gasteiger partial charge on any atom is -0.316 e. The summed E-state index contributed by atoms with van der Waals surface area (Å²) in [5, 5.41) is 0. The largest absolute Gasteiger partial charge is 0.383 e. The van der Waals surface area contributed by atoms with E-state index in [2.05, 4.69) is 49.9 Å². The molecule has 0 spiro atoms. The molecule has 0 atom stereocenters. The van der Waals surface area contributed by atoms with Crippen LogP contribution in [-0.2, 0) is 17.3 Å². The molecule has 2 aromatic carbocycles. The van der Waals surface area contributed by atoms with E-state index >= 15 is 0 Å². The van der Waals surface area contributed by atoms with Crippen molar-refractivity contribution in [2.75, 3.05) is 6.61 Å². The molecular formula is C34H44F2O. The van der Waals surface area contributed by atoms with Crippen molar-refractivity contribution in [2.45, 2.75) is 95.5 Å². The van der Waals surface area contributed by atoms with Crippen molar-refractivity contribution < 1.29 is 13.5 Å². The lowest BCUT2D eigenvalue weighted by atomic mass is 9.77. The monoisotopic (exact) mass is 506 g/mol. The molecule has 0 aliphatic heterocycles. The summed E-state index contributed by atoms with van der Waals surface area (Å²) in [6.07, 6.45) is 15.8. The summed E-state index contributed by atoms with van der Waals surface area (Å²) in [6, 6.07) is 15.4. The van der Waals surface area contributed by atoms with Gasteiger partial charge in [-0.15, -0.1) is 6.58 Å². The number of allylic oxidation sites excluding steroid dienone is 3. The molecule has 0 aromatic heterocycles. The minimum absolute atomic E-state index is 0.00300. The Hall–Kier alpha value is -2.26. The van der Waals surface area contributed by atoms with Crippen LogP contribution in [0.1, 0.15) is 105 Å². The second-order valence-electron chi connectivity index (χ2n) is 11.2. The molecule has 1 nitrogen and oxygen atoms in total. The van der Waals surface area contributed by atoms with Crippen molar-refractivity contribution in [3.8, 4) is 0 Å². The van der Waals surface area contributed by atoms with Gasteiger partial charge in [-0.2, -0.15) is 8.78 Å². The number of rotatable bonds is 11. The van der Waals surface area contributed by atoms with Crippen LogP contribution in [0.4, 0.5) is 8.78 Å². The second kappa shape index (κ2) is 13.5. The van der Waals surface area contributed by atoms with Gasteiger partial charge in [0.25, 0.3) is 0 Å². The average Bonchev–Trinajstić information content (AvgIpc) is 2.94. The molecule has 2 aliphatic carbocycles. The third kappa shape index (κ3) is 7.87. The highest BCUT2D eigenvalue weighted by atomic mass is 19.3. The third-order valence-electron chi connectivity index (χ3n) is 8.77. The number of ether oxygens (including phenoxy) is 1. The number of alkyl halides is 2. The maximum absolute atomic E-state index is 14.7. The first kappa shape index (κ1) is 27.8. The Bertz CT molecular complexity index is 975. The van der Waals surface area contributed by atoms with Gasteiger partial charge >= 0.3 is 6.11 Å². The lowest BCUT2D eigenvalue weighted by Gasteiger charge is -2.28. The molecule has 0 unspecified atom stereocenters. The predicted molar refractivity (Wildman–Crippen MR) is 150 cm³/mol. The van der Waals surface area contributed by atoms with Crippen LogP contribution in [-0.4, -0.2) is 6.61 Å². The van der Waals surface area contributed by atoms with E-state index in [-0.39, 0.29) is 12.2 Å². The van der Waals surface area contributed by atoms with E-state index in [4.69, 9.17) is 4.74 Å². The molecule has 37 heavy (non-hydrogen) atoms. The topological polar surface area (TPSA) is 9.23 Å². The third-order valence-corrected chi connectivity index (χ3v) is 8.77. The van der Waals surface area contributed by atoms with Crippen LogP contribution in [0.5, 0.6) is 0 Å². The van der Waals surface area contributed by atoms with Crippen LogP contribution >= 0.6 is 0 Å². The smallest absolute Gasteiger partial charge is 0.316 e. The molecule has 0 saturated heterocycles. The molecule has 2 saturated carbocycles. The van der Waals surface area contributed by atoms with Crippen LogP contribution < -0.4 is 0 Å². The molecule has 3 heteroatoms. The summed E-state index contributed by atoms with van der Waals surface area (Å²) in [6.45, 7) is 5.99. The van der Waals surface area contributed by atoms with Gasteiger partial charge in [0.15, 0.2) is 0 Å². The summed E-state index contributed by atoms with van der Waals surface area (Å²) < 4.78 is 34.5. The van der Waals surface area contributed by atoms with Gasteiger partial charge in [-0.05, 0) is 118 Å². The molecular weight excluding hydrogens is 462 g/mol. The quantitative estimate of drug-likeness (QED) is 0.275. The Morgan fingerprint density at radius 1 is 0.838 bits per heavy atom. The molecule has 0 amide bonds. The van der Waals surface area contributed by atoms with Gasteiger partial charge in [-0.3, -0.25) is 0 Å². The first-order valence-electron chi connectivity index (χ1n) is 14.4. The van der Waals surface area contributed by atoms with Crippen LogP contribution in [0.15, 0.2) is 73.3 Å². The molecule has 2 aliphatic rings. The van der Waals surface area contributed by atoms with Crippen LogP contribution in [0, 0.1) is 11.8 Å². The van der Waals surface area contributed by atoms with Gasteiger partial charge < -0.3 is 4.74 Å². The van der Waals surface area contributed by atoms with E-state index in [1.807, 2.05) is 18.2 Å². The van der Waals surface area contributed by atoms with E-state index < -0.39 is 6.11 Å². The van der Waals surface area contributed by atoms with Crippen LogP contribution in [0.25, 0.3) is 0 Å². The van der Waals surface area contributed by atoms with Gasteiger partial charge in [-0.1, -0.05) is 66.8 Å². The average molecular weight is 507 g/mol. The molecule has 200 valence electrons. The summed E-state index contributed by atoms with van der Waals surface area (Å²) in [4.78, 5) is 0. The standard InChI is InChI=1S/C34H44F2O/c1-3-5-6-7-27-10-16-30(17-11-27)31-18-12-28(13-19-31)24-25-37-34(35,36)33-22-20-32(21-23-33)29-14-8-26(4-2)9-15-29/h3-5,12-13,18-23,26-27,29-30H,2,6-11,14-17,24-25H2,1H3. The van der Waals surface area contributed by atoms with E-state index in [0.29, 0.717) is 24.2 Å². The van der Waals surface area contributed by atoms with Crippen LogP contribution in [0.3, 0.4) is 0 Å². The Labute approximate surface area is 223 Å². The van der Waals surface area contributed by atoms with E-state index in [9.17, 15) is 8.78 Å². The fraction of sp³-hybridized carbons (Fsp3) is 0.529. The highest BCUT2D eigenvalue weighted by Crippen LogP contribution is 2.39. The summed E-state index contributed by atoms with van der Waals surface area (Å²) in [5.74, 6) is 2.55. The number of hydrogen-bond donors (Lipinski definition) is 0. The van der Waals surface area contributed by atoms with Crippen molar-refractivity contribution in [3.63, 3.8) is 0 Å².